The van der Waals surface area contributed by atoms with E-state index < -0.39 is 180 Å². The van der Waals surface area contributed by atoms with Gasteiger partial charge in [0.25, 0.3) is 0 Å². The van der Waals surface area contributed by atoms with Crippen LogP contribution in [0.2, 0.25) is 0 Å². The number of anilines is 2. The van der Waals surface area contributed by atoms with Crippen molar-refractivity contribution in [3.63, 3.8) is 0 Å². The van der Waals surface area contributed by atoms with E-state index in [1.54, 1.807) is 0 Å². The van der Waals surface area contributed by atoms with Crippen molar-refractivity contribution in [1.82, 2.24) is 60.3 Å². The molecule has 54 heteroatoms. The smallest absolute Gasteiger partial charge is 0.386 e. The number of ketones is 2. The van der Waals surface area contributed by atoms with Crippen LogP contribution >= 0.6 is 46.9 Å². The highest BCUT2D eigenvalue weighted by Crippen LogP contribution is 2.63. The number of nitrogen functional groups attached to an aromatic ring is 2. The fourth-order valence-electron chi connectivity index (χ4n) is 13.5. The maximum Gasteiger partial charge on any atom is 0.481 e. The molecule has 1 saturated carbocycles. The average Bonchev–Trinajstić information content (AvgIpc) is 1.63. The lowest BCUT2D eigenvalue weighted by Gasteiger charge is -2.30. The van der Waals surface area contributed by atoms with Gasteiger partial charge in [-0.2, -0.15) is 8.62 Å². The molecule has 4 aromatic heterocycles. The van der Waals surface area contributed by atoms with Gasteiger partial charge in [0.15, 0.2) is 35.4 Å². The van der Waals surface area contributed by atoms with E-state index in [9.17, 15) is 116 Å². The second-order valence-electron chi connectivity index (χ2n) is 31.7. The van der Waals surface area contributed by atoms with Crippen LogP contribution < -0.4 is 32.7 Å². The van der Waals surface area contributed by atoms with E-state index >= 15 is 0 Å². The molecule has 2 aliphatic heterocycles. The van der Waals surface area contributed by atoms with Gasteiger partial charge in [-0.1, -0.05) is 104 Å². The zero-order chi connectivity index (χ0) is 90.2. The number of benzene rings is 1. The van der Waals surface area contributed by atoms with Crippen molar-refractivity contribution in [3.05, 3.63) is 60.7 Å². The molecular weight excluding hydrogens is 1740 g/mol. The molecule has 0 radical (unpaired) electrons. The van der Waals surface area contributed by atoms with E-state index in [-0.39, 0.29) is 97.4 Å². The Bertz CT molecular complexity index is 4480. The summed E-state index contributed by atoms with van der Waals surface area (Å²) < 4.78 is 126. The number of carbonyl (C=O) groups is 6. The van der Waals surface area contributed by atoms with Crippen LogP contribution in [0.3, 0.4) is 0 Å². The quantitative estimate of drug-likeness (QED) is 0.0196. The first kappa shape index (κ1) is 101. The number of aryl methyl sites for hydroxylation is 2. The van der Waals surface area contributed by atoms with Gasteiger partial charge in [0.05, 0.1) is 39.1 Å². The van der Waals surface area contributed by atoms with Crippen molar-refractivity contribution in [2.45, 2.75) is 218 Å². The first-order valence-corrected chi connectivity index (χ1v) is 47.8. The van der Waals surface area contributed by atoms with E-state index in [0.717, 1.165) is 118 Å². The Morgan fingerprint density at radius 1 is 0.525 bits per heavy atom. The third-order valence-corrected chi connectivity index (χ3v) is 26.9. The zero-order valence-corrected chi connectivity index (χ0v) is 72.9. The van der Waals surface area contributed by atoms with Gasteiger partial charge in [-0.3, -0.25) is 65.0 Å². The third-order valence-electron chi connectivity index (χ3n) is 20.7. The molecule has 4 amide bonds. The minimum absolute atomic E-state index is 0.00736. The molecule has 20 N–H and O–H groups in total. The summed E-state index contributed by atoms with van der Waals surface area (Å²) in [6, 6.07) is 8.34. The van der Waals surface area contributed by atoms with Crippen LogP contribution in [0.4, 0.5) is 11.6 Å². The van der Waals surface area contributed by atoms with Crippen LogP contribution in [-0.4, -0.2) is 235 Å². The average molecular weight is 1850 g/mol. The van der Waals surface area contributed by atoms with Gasteiger partial charge >= 0.3 is 46.9 Å². The number of carbonyl (C=O) groups excluding carboxylic acids is 6. The number of aliphatic hydroxyl groups is 4. The molecule has 3 aliphatic rings. The van der Waals surface area contributed by atoms with Gasteiger partial charge in [-0.05, 0) is 62.5 Å². The zero-order valence-electron chi connectivity index (χ0n) is 67.5. The van der Waals surface area contributed by atoms with E-state index in [1.165, 1.54) is 38.8 Å². The number of phosphoric acid groups is 6. The normalized spacial score (nSPS) is 22.0. The minimum atomic E-state index is -5.64. The summed E-state index contributed by atoms with van der Waals surface area (Å²) in [6.07, 6.45) is -2.17. The number of phosphoric ester groups is 6. The topological polar surface area (TPSA) is 727 Å². The largest absolute Gasteiger partial charge is 0.481 e. The number of amides is 4. The number of ether oxygens (including phenoxy) is 2. The Kier molecular flexibility index (Phi) is 35.6. The summed E-state index contributed by atoms with van der Waals surface area (Å²) in [4.78, 5) is 181. The number of aliphatic hydroxyl groups excluding tert-OH is 4. The Balaban J connectivity index is 0.624. The van der Waals surface area contributed by atoms with Crippen LogP contribution in [0.25, 0.3) is 22.3 Å². The number of nitrogens with two attached hydrogens (primary N) is 2. The lowest BCUT2D eigenvalue weighted by molar-refractivity contribution is -0.137. The maximum absolute atomic E-state index is 13.3. The molecule has 0 bridgehead atoms. The summed E-state index contributed by atoms with van der Waals surface area (Å²) in [5.74, 6) is -3.14. The summed E-state index contributed by atoms with van der Waals surface area (Å²) in [7, 11) is -33.2. The first-order chi connectivity index (χ1) is 56.8. The molecular formula is C68H108N14O34P6. The summed E-state index contributed by atoms with van der Waals surface area (Å²) >= 11 is 0. The van der Waals surface area contributed by atoms with E-state index in [4.69, 9.17) is 39.0 Å². The lowest BCUT2D eigenvalue weighted by Crippen LogP contribution is -2.46. The molecule has 2 saturated heterocycles. The number of aromatic nitrogens is 8. The van der Waals surface area contributed by atoms with Gasteiger partial charge in [0.2, 0.25) is 23.6 Å². The third kappa shape index (κ3) is 29.9. The lowest BCUT2D eigenvalue weighted by atomic mass is 9.81. The first-order valence-electron chi connectivity index (χ1n) is 38.8. The van der Waals surface area contributed by atoms with Crippen molar-refractivity contribution in [2.24, 2.45) is 21.7 Å². The van der Waals surface area contributed by atoms with Gasteiger partial charge in [0.1, 0.15) is 84.1 Å². The highest BCUT2D eigenvalue weighted by Gasteiger charge is 2.53. The van der Waals surface area contributed by atoms with Crippen LogP contribution in [0.5, 0.6) is 0 Å². The van der Waals surface area contributed by atoms with Crippen LogP contribution in [-0.2, 0) is 114 Å². The molecule has 3 fully saturated rings. The van der Waals surface area contributed by atoms with E-state index in [2.05, 4.69) is 81.0 Å². The number of Topliss-reactive ketones (excluding diaryl/α,β-unsaturated/α-hetero) is 2. The molecule has 684 valence electrons. The Morgan fingerprint density at radius 2 is 0.910 bits per heavy atom. The van der Waals surface area contributed by atoms with Crippen molar-refractivity contribution in [1.29, 1.82) is 0 Å². The van der Waals surface area contributed by atoms with Crippen molar-refractivity contribution in [2.75, 3.05) is 64.1 Å². The van der Waals surface area contributed by atoms with E-state index in [0.29, 0.717) is 6.42 Å². The summed E-state index contributed by atoms with van der Waals surface area (Å²) in [5, 5.41) is 53.7. The second-order valence-corrected chi connectivity index (χ2v) is 40.2. The van der Waals surface area contributed by atoms with Gasteiger partial charge < -0.3 is 102 Å². The number of fused-ring (bicyclic) bond motifs is 2. The van der Waals surface area contributed by atoms with Crippen LogP contribution in [0.1, 0.15) is 168 Å². The highest BCUT2D eigenvalue weighted by molar-refractivity contribution is 7.61. The molecule has 14 atom stereocenters. The Labute approximate surface area is 699 Å². The molecule has 6 heterocycles. The molecule has 1 aromatic carbocycles. The number of nitrogens with zero attached hydrogens (tertiary/aromatic N) is 8. The highest BCUT2D eigenvalue weighted by atomic mass is 31.3. The number of rotatable bonds is 54. The summed E-state index contributed by atoms with van der Waals surface area (Å²) in [6.45, 7) is 4.05. The van der Waals surface area contributed by atoms with Crippen molar-refractivity contribution < 1.29 is 161 Å². The van der Waals surface area contributed by atoms with Crippen LogP contribution in [0.15, 0.2) is 49.6 Å². The predicted molar refractivity (Wildman–Crippen MR) is 424 cm³/mol. The minimum Gasteiger partial charge on any atom is -0.386 e. The molecule has 5 aromatic rings. The summed E-state index contributed by atoms with van der Waals surface area (Å²) in [5.41, 5.74) is 9.89. The standard InChI is InChI=1S/C68H108N14O34P6/c1-65(2,45(83)21-29-71-47(85)23-31-73-61(91)55(89)66(3,4)35-109-121(103,104)115-119(99,100)107-33-43-53(113-117(93,94)95)51(87)63(111-43)81-39-79-49-57(69)75-37-77-59(49)81)25-15-9-7-11-17-41-19-13-14-20-42(41)18-12-8-10-16-26-68(27-28-68)46(84)22-30-72-48(86)24-32-74-62(92)56(90)67(5,6)36-110-122(105,106)116-120(101,102)108-34-44-54(114-118(96,97)98)52(88)64(112-44)82-40-80-50-58(70)76-38-78-60(50)82/h13-14,19-20,37-40,43-44,51-56,63-64,87-90H,7-12,15-18,21-36H2,1-6H3,(H,71,85)(H,72,86)(H,73,91)(H,74,92)(H,99,100)(H,101,102)(H,103,104)(H,105,106)(H2,69,75,77)(H2,70,76,78)(H2,93,94,95)(H2,96,97,98). The molecule has 122 heavy (non-hydrogen) atoms. The predicted octanol–water partition coefficient (Wildman–Crippen LogP) is 3.23. The number of unbranched alkanes of at least 4 members (excludes halogenated alkanes) is 6. The van der Waals surface area contributed by atoms with Gasteiger partial charge in [-0.25, -0.2) is 57.3 Å². The second kappa shape index (κ2) is 43.0. The SMILES string of the molecule is CC(C)(CCCCCCc1ccccc1CCCCCCC1(C(=O)CCNC(=O)CCNC(=O)C(O)C(C)(C)COP(=O)(O)OP(=O)(O)OCC2OC(n3cnc4c(N)ncnc43)C(O)C2OP(=O)(O)O)CC1)C(=O)CCNC(=O)CCNC(=O)C(O)C(C)(C)COP(=O)(O)OP(=O)(O)OCC1OC(n2cnc3c(N)ncnc32)C(O)C1OP(=O)(O)O. The van der Waals surface area contributed by atoms with Crippen LogP contribution in [0, 0.1) is 21.7 Å². The maximum atomic E-state index is 13.3. The van der Waals surface area contributed by atoms with Crippen molar-refractivity contribution >= 4 is 116 Å². The fraction of sp³-hybridized carbons (Fsp3) is 0.676. The fourth-order valence-corrected chi connectivity index (χ4v) is 19.1. The van der Waals surface area contributed by atoms with Crippen molar-refractivity contribution in [3.8, 4) is 0 Å². The number of nitrogens with one attached hydrogen (secondary N) is 4. The molecule has 14 unspecified atom stereocenters. The van der Waals surface area contributed by atoms with E-state index in [1.807, 2.05) is 26.0 Å². The van der Waals surface area contributed by atoms with Gasteiger partial charge in [-0.15, -0.1) is 0 Å². The Hall–Kier alpha value is -6.36. The van der Waals surface area contributed by atoms with Gasteiger partial charge in [0, 0.05) is 73.5 Å². The number of hydrogen-bond acceptors (Lipinski definition) is 34. The molecule has 0 spiro atoms. The molecule has 1 aliphatic carbocycles. The number of hydrogen-bond donors (Lipinski definition) is 18. The monoisotopic (exact) mass is 1850 g/mol. The number of imidazole rings is 2. The Morgan fingerprint density at radius 3 is 1.32 bits per heavy atom. The molecule has 8 rings (SSSR count). The molecule has 48 nitrogen and oxygen atoms in total.